The Morgan fingerprint density at radius 2 is 1.91 bits per heavy atom. The minimum absolute atomic E-state index is 0.133. The van der Waals surface area contributed by atoms with Crippen molar-refractivity contribution in [1.82, 2.24) is 4.98 Å². The quantitative estimate of drug-likeness (QED) is 0.359. The Morgan fingerprint density at radius 1 is 1.12 bits per heavy atom. The molecule has 2 aromatic carbocycles. The summed E-state index contributed by atoms with van der Waals surface area (Å²) in [5.74, 6) is 0.276. The van der Waals surface area contributed by atoms with Gasteiger partial charge in [-0.05, 0) is 62.2 Å². The molecule has 0 atom stereocenters. The molecule has 0 N–H and O–H groups in total. The van der Waals surface area contributed by atoms with E-state index < -0.39 is 15.1 Å². The number of furan rings is 1. The fraction of sp³-hybridized carbons (Fsp3) is 0.250. The van der Waals surface area contributed by atoms with Gasteiger partial charge in [-0.25, -0.2) is 13.4 Å². The number of sulfone groups is 1. The molecule has 32 heavy (non-hydrogen) atoms. The van der Waals surface area contributed by atoms with E-state index in [0.29, 0.717) is 10.9 Å². The molecule has 0 aliphatic carbocycles. The average Bonchev–Trinajstić information content (AvgIpc) is 3.46. The number of carbonyl (C=O) groups excluding carboxylic acids is 1. The van der Waals surface area contributed by atoms with E-state index in [0.717, 1.165) is 22.2 Å². The van der Waals surface area contributed by atoms with Gasteiger partial charge in [0.1, 0.15) is 5.76 Å². The Bertz CT molecular complexity index is 1360. The van der Waals surface area contributed by atoms with Crippen molar-refractivity contribution < 1.29 is 17.6 Å². The number of carbonyl (C=O) groups is 1. The van der Waals surface area contributed by atoms with E-state index in [2.05, 4.69) is 6.92 Å². The van der Waals surface area contributed by atoms with Gasteiger partial charge in [-0.3, -0.25) is 9.69 Å². The van der Waals surface area contributed by atoms with E-state index in [1.807, 2.05) is 18.2 Å². The molecule has 0 aliphatic heterocycles. The third-order valence-corrected chi connectivity index (χ3v) is 8.47. The second-order valence-corrected chi connectivity index (χ2v) is 11.2. The van der Waals surface area contributed by atoms with Crippen LogP contribution in [0.25, 0.3) is 10.2 Å². The third kappa shape index (κ3) is 4.20. The zero-order valence-electron chi connectivity index (χ0n) is 18.1. The number of fused-ring (bicyclic) bond motifs is 1. The lowest BCUT2D eigenvalue weighted by Gasteiger charge is -2.19. The highest BCUT2D eigenvalue weighted by Gasteiger charge is 2.26. The van der Waals surface area contributed by atoms with Crippen molar-refractivity contribution >= 4 is 42.4 Å². The van der Waals surface area contributed by atoms with Gasteiger partial charge in [0.25, 0.3) is 5.91 Å². The van der Waals surface area contributed by atoms with Gasteiger partial charge >= 0.3 is 0 Å². The van der Waals surface area contributed by atoms with Gasteiger partial charge in [-0.2, -0.15) is 0 Å². The van der Waals surface area contributed by atoms with Gasteiger partial charge < -0.3 is 4.42 Å². The second kappa shape index (κ2) is 8.88. The fourth-order valence-corrected chi connectivity index (χ4v) is 5.53. The smallest absolute Gasteiger partial charge is 0.260 e. The number of thiazole rings is 1. The normalized spacial score (nSPS) is 11.9. The summed E-state index contributed by atoms with van der Waals surface area (Å²) in [6, 6.07) is 15.8. The van der Waals surface area contributed by atoms with Crippen molar-refractivity contribution in [2.45, 2.75) is 43.9 Å². The van der Waals surface area contributed by atoms with Crippen LogP contribution in [-0.4, -0.2) is 24.6 Å². The van der Waals surface area contributed by atoms with Crippen molar-refractivity contribution in [2.24, 2.45) is 0 Å². The summed E-state index contributed by atoms with van der Waals surface area (Å²) >= 11 is 1.43. The van der Waals surface area contributed by atoms with E-state index in [1.165, 1.54) is 23.5 Å². The number of nitrogens with zero attached hydrogens (tertiary/aromatic N) is 2. The van der Waals surface area contributed by atoms with E-state index in [9.17, 15) is 13.2 Å². The molecule has 0 saturated heterocycles. The third-order valence-electron chi connectivity index (χ3n) is 5.27. The zero-order chi connectivity index (χ0) is 22.9. The number of hydrogen-bond acceptors (Lipinski definition) is 6. The van der Waals surface area contributed by atoms with Crippen LogP contribution in [0.3, 0.4) is 0 Å². The van der Waals surface area contributed by atoms with Crippen LogP contribution < -0.4 is 4.90 Å². The van der Waals surface area contributed by atoms with Crippen LogP contribution in [-0.2, 0) is 22.8 Å². The molecule has 2 heterocycles. The van der Waals surface area contributed by atoms with Gasteiger partial charge in [0.05, 0.1) is 33.2 Å². The molecule has 0 aliphatic rings. The Labute approximate surface area is 191 Å². The number of aryl methyl sites for hydroxylation is 1. The number of rotatable bonds is 7. The standard InChI is InChI=1S/C24H24N2O4S2/c1-4-17-8-6-12-21-22(17)25-24(31-21)26(15-19-10-7-13-30-19)23(27)18-9-5-11-20(14-18)32(28,29)16(2)3/h5-14,16H,4,15H2,1-3H3. The van der Waals surface area contributed by atoms with Crippen molar-refractivity contribution in [3.05, 3.63) is 77.7 Å². The maximum atomic E-state index is 13.6. The van der Waals surface area contributed by atoms with E-state index in [4.69, 9.17) is 9.40 Å². The maximum absolute atomic E-state index is 13.6. The highest BCUT2D eigenvalue weighted by molar-refractivity contribution is 7.92. The van der Waals surface area contributed by atoms with Gasteiger partial charge in [-0.1, -0.05) is 36.5 Å². The first kappa shape index (κ1) is 22.2. The Kier molecular flexibility index (Phi) is 6.17. The van der Waals surface area contributed by atoms with Crippen molar-refractivity contribution in [2.75, 3.05) is 4.90 Å². The molecule has 1 amide bonds. The molecule has 2 aromatic heterocycles. The predicted molar refractivity (Wildman–Crippen MR) is 127 cm³/mol. The Morgan fingerprint density at radius 3 is 2.59 bits per heavy atom. The Balaban J connectivity index is 1.79. The van der Waals surface area contributed by atoms with Gasteiger partial charge in [0.15, 0.2) is 15.0 Å². The molecule has 0 spiro atoms. The zero-order valence-corrected chi connectivity index (χ0v) is 19.7. The average molecular weight is 469 g/mol. The van der Waals surface area contributed by atoms with Crippen LogP contribution in [0.2, 0.25) is 0 Å². The van der Waals surface area contributed by atoms with Crippen LogP contribution >= 0.6 is 11.3 Å². The summed E-state index contributed by atoms with van der Waals surface area (Å²) in [7, 11) is -3.50. The molecule has 0 unspecified atom stereocenters. The molecule has 0 radical (unpaired) electrons. The number of aromatic nitrogens is 1. The first-order valence-corrected chi connectivity index (χ1v) is 12.7. The molecule has 0 fully saturated rings. The highest BCUT2D eigenvalue weighted by atomic mass is 32.2. The summed E-state index contributed by atoms with van der Waals surface area (Å²) in [6.07, 6.45) is 2.39. The molecular formula is C24H24N2O4S2. The number of para-hydroxylation sites is 1. The first-order chi connectivity index (χ1) is 15.3. The van der Waals surface area contributed by atoms with Gasteiger partial charge in [0.2, 0.25) is 0 Å². The minimum Gasteiger partial charge on any atom is -0.467 e. The van der Waals surface area contributed by atoms with Crippen LogP contribution in [0.1, 0.15) is 42.5 Å². The number of benzene rings is 2. The number of anilines is 1. The molecule has 4 rings (SSSR count). The van der Waals surface area contributed by atoms with E-state index in [-0.39, 0.29) is 22.9 Å². The summed E-state index contributed by atoms with van der Waals surface area (Å²) in [6.45, 7) is 5.51. The lowest BCUT2D eigenvalue weighted by Crippen LogP contribution is -2.30. The van der Waals surface area contributed by atoms with Crippen molar-refractivity contribution in [3.63, 3.8) is 0 Å². The van der Waals surface area contributed by atoms with Crippen LogP contribution in [0.4, 0.5) is 5.13 Å². The molecular weight excluding hydrogens is 444 g/mol. The summed E-state index contributed by atoms with van der Waals surface area (Å²) < 4.78 is 31.8. The predicted octanol–water partition coefficient (Wildman–Crippen LogP) is 5.48. The summed E-state index contributed by atoms with van der Waals surface area (Å²) in [4.78, 5) is 20.1. The lowest BCUT2D eigenvalue weighted by atomic mass is 10.1. The van der Waals surface area contributed by atoms with Crippen molar-refractivity contribution in [1.29, 1.82) is 0 Å². The molecule has 0 bridgehead atoms. The Hall–Kier alpha value is -2.97. The minimum atomic E-state index is -3.50. The second-order valence-electron chi connectivity index (χ2n) is 7.71. The van der Waals surface area contributed by atoms with Crippen molar-refractivity contribution in [3.8, 4) is 0 Å². The lowest BCUT2D eigenvalue weighted by molar-refractivity contribution is 0.0983. The first-order valence-electron chi connectivity index (χ1n) is 10.4. The van der Waals surface area contributed by atoms with Gasteiger partial charge in [-0.15, -0.1) is 0 Å². The highest BCUT2D eigenvalue weighted by Crippen LogP contribution is 2.33. The topological polar surface area (TPSA) is 80.5 Å². The van der Waals surface area contributed by atoms with Crippen LogP contribution in [0, 0.1) is 0 Å². The van der Waals surface area contributed by atoms with E-state index in [1.54, 1.807) is 49.3 Å². The maximum Gasteiger partial charge on any atom is 0.260 e. The molecule has 4 aromatic rings. The van der Waals surface area contributed by atoms with E-state index >= 15 is 0 Å². The molecule has 6 nitrogen and oxygen atoms in total. The van der Waals surface area contributed by atoms with Gasteiger partial charge in [0, 0.05) is 5.56 Å². The van der Waals surface area contributed by atoms with Crippen LogP contribution in [0.5, 0.6) is 0 Å². The molecule has 8 heteroatoms. The number of hydrogen-bond donors (Lipinski definition) is 0. The number of amides is 1. The monoisotopic (exact) mass is 468 g/mol. The van der Waals surface area contributed by atoms with Crippen LogP contribution in [0.15, 0.2) is 70.2 Å². The largest absolute Gasteiger partial charge is 0.467 e. The molecule has 0 saturated carbocycles. The summed E-state index contributed by atoms with van der Waals surface area (Å²) in [5, 5.41) is -0.0387. The summed E-state index contributed by atoms with van der Waals surface area (Å²) in [5.41, 5.74) is 2.28. The fourth-order valence-electron chi connectivity index (χ4n) is 3.41. The molecule has 166 valence electrons. The SMILES string of the molecule is CCc1cccc2sc(N(Cc3ccco3)C(=O)c3cccc(S(=O)(=O)C(C)C)c3)nc12.